The molecule has 128 valence electrons. The quantitative estimate of drug-likeness (QED) is 0.526. The summed E-state index contributed by atoms with van der Waals surface area (Å²) in [7, 11) is -0.515. The fourth-order valence-corrected chi connectivity index (χ4v) is 3.38. The molecule has 0 amide bonds. The standard InChI is InChI=1S/C18H16NO5P/c1-11-2-3-13-14(8-11)23-15-9-12(19-4-6-22-7-5-19)10-16(24-25-21)17(15)18(13)20/h2-3,8-10H,4-7H2,1H3. The fraction of sp³-hybridized carbons (Fsp3) is 0.278. The lowest BCUT2D eigenvalue weighted by atomic mass is 10.1. The highest BCUT2D eigenvalue weighted by atomic mass is 31.1. The second-order valence-corrected chi connectivity index (χ2v) is 6.34. The Morgan fingerprint density at radius 3 is 2.68 bits per heavy atom. The number of hydrogen-bond acceptors (Lipinski definition) is 6. The summed E-state index contributed by atoms with van der Waals surface area (Å²) in [6.07, 6.45) is 0. The Morgan fingerprint density at radius 1 is 1.12 bits per heavy atom. The Bertz CT molecular complexity index is 1020. The van der Waals surface area contributed by atoms with Crippen molar-refractivity contribution in [2.24, 2.45) is 0 Å². The summed E-state index contributed by atoms with van der Waals surface area (Å²) in [5, 5.41) is 0.779. The third-order valence-electron chi connectivity index (χ3n) is 4.39. The van der Waals surface area contributed by atoms with Gasteiger partial charge in [-0.25, -0.2) is 4.57 Å². The first-order valence-electron chi connectivity index (χ1n) is 8.01. The maximum Gasteiger partial charge on any atom is 0.395 e. The molecule has 0 N–H and O–H groups in total. The zero-order valence-corrected chi connectivity index (χ0v) is 14.5. The summed E-state index contributed by atoms with van der Waals surface area (Å²) in [5.41, 5.74) is 2.62. The molecule has 0 unspecified atom stereocenters. The van der Waals surface area contributed by atoms with E-state index >= 15 is 0 Å². The van der Waals surface area contributed by atoms with Crippen molar-refractivity contribution in [2.75, 3.05) is 31.2 Å². The summed E-state index contributed by atoms with van der Waals surface area (Å²) in [6.45, 7) is 4.68. The van der Waals surface area contributed by atoms with Crippen molar-refractivity contribution in [2.45, 2.75) is 6.92 Å². The van der Waals surface area contributed by atoms with E-state index in [2.05, 4.69) is 4.90 Å². The molecule has 0 atom stereocenters. The number of aryl methyl sites for hydroxylation is 1. The molecule has 4 rings (SSSR count). The van der Waals surface area contributed by atoms with E-state index in [1.165, 1.54) is 0 Å². The number of rotatable bonds is 3. The van der Waals surface area contributed by atoms with Crippen LogP contribution < -0.4 is 14.9 Å². The molecule has 1 aliphatic rings. The third-order valence-corrected chi connectivity index (χ3v) is 4.66. The lowest BCUT2D eigenvalue weighted by molar-refractivity contribution is 0.122. The van der Waals surface area contributed by atoms with Gasteiger partial charge in [0.05, 0.1) is 18.6 Å². The highest BCUT2D eigenvalue weighted by Gasteiger charge is 2.19. The van der Waals surface area contributed by atoms with Crippen molar-refractivity contribution in [1.29, 1.82) is 0 Å². The first-order chi connectivity index (χ1) is 12.2. The average molecular weight is 357 g/mol. The molecule has 25 heavy (non-hydrogen) atoms. The van der Waals surface area contributed by atoms with Crippen LogP contribution in [-0.4, -0.2) is 26.3 Å². The molecule has 2 aromatic carbocycles. The largest absolute Gasteiger partial charge is 0.456 e. The molecule has 0 spiro atoms. The SMILES string of the molecule is Cc1ccc2c(=O)c3c(OP=O)cc(N4CCOCC4)cc3oc2c1. The van der Waals surface area contributed by atoms with E-state index in [9.17, 15) is 9.36 Å². The molecule has 0 aliphatic carbocycles. The smallest absolute Gasteiger partial charge is 0.395 e. The van der Waals surface area contributed by atoms with E-state index in [0.717, 1.165) is 24.3 Å². The molecule has 0 saturated carbocycles. The second kappa shape index (κ2) is 6.47. The first kappa shape index (κ1) is 16.1. The number of benzene rings is 2. The summed E-state index contributed by atoms with van der Waals surface area (Å²) >= 11 is 0. The van der Waals surface area contributed by atoms with Crippen LogP contribution in [0.1, 0.15) is 5.56 Å². The maximum absolute atomic E-state index is 12.9. The molecule has 1 aliphatic heterocycles. The summed E-state index contributed by atoms with van der Waals surface area (Å²) in [5.74, 6) is 0.256. The molecule has 1 aromatic heterocycles. The average Bonchev–Trinajstić information content (AvgIpc) is 2.62. The maximum atomic E-state index is 12.9. The van der Waals surface area contributed by atoms with E-state index in [-0.39, 0.29) is 11.2 Å². The van der Waals surface area contributed by atoms with Crippen LogP contribution in [-0.2, 0) is 9.30 Å². The topological polar surface area (TPSA) is 69.0 Å². The fourth-order valence-electron chi connectivity index (χ4n) is 3.15. The van der Waals surface area contributed by atoms with E-state index in [0.29, 0.717) is 35.2 Å². The van der Waals surface area contributed by atoms with Gasteiger partial charge in [0.15, 0.2) is 5.75 Å². The van der Waals surface area contributed by atoms with Crippen LogP contribution in [0.3, 0.4) is 0 Å². The molecule has 6 nitrogen and oxygen atoms in total. The first-order valence-corrected chi connectivity index (χ1v) is 8.74. The Labute approximate surface area is 145 Å². The number of anilines is 1. The van der Waals surface area contributed by atoms with Crippen LogP contribution in [0.15, 0.2) is 39.5 Å². The van der Waals surface area contributed by atoms with Crippen LogP contribution in [0.2, 0.25) is 0 Å². The lowest BCUT2D eigenvalue weighted by Crippen LogP contribution is -2.36. The van der Waals surface area contributed by atoms with E-state index in [4.69, 9.17) is 13.7 Å². The van der Waals surface area contributed by atoms with Crippen LogP contribution in [0.4, 0.5) is 5.69 Å². The molecule has 3 aromatic rings. The monoisotopic (exact) mass is 357 g/mol. The number of hydrogen-bond donors (Lipinski definition) is 0. The number of fused-ring (bicyclic) bond motifs is 2. The van der Waals surface area contributed by atoms with Gasteiger partial charge in [-0.15, -0.1) is 0 Å². The molecule has 1 fully saturated rings. The van der Waals surface area contributed by atoms with Crippen molar-refractivity contribution in [3.63, 3.8) is 0 Å². The Hall–Kier alpha value is -2.43. The predicted octanol–water partition coefficient (Wildman–Crippen LogP) is 3.68. The van der Waals surface area contributed by atoms with Gasteiger partial charge in [-0.1, -0.05) is 6.07 Å². The summed E-state index contributed by atoms with van der Waals surface area (Å²) < 4.78 is 27.6. The third kappa shape index (κ3) is 2.88. The highest BCUT2D eigenvalue weighted by Crippen LogP contribution is 2.33. The molecule has 0 bridgehead atoms. The van der Waals surface area contributed by atoms with Gasteiger partial charge < -0.3 is 18.6 Å². The number of ether oxygens (including phenoxy) is 1. The van der Waals surface area contributed by atoms with Gasteiger partial charge >= 0.3 is 8.69 Å². The van der Waals surface area contributed by atoms with Crippen molar-refractivity contribution >= 4 is 36.3 Å². The van der Waals surface area contributed by atoms with Gasteiger partial charge in [0.1, 0.15) is 16.6 Å². The number of nitrogens with zero attached hydrogens (tertiary/aromatic N) is 1. The number of morpholine rings is 1. The minimum Gasteiger partial charge on any atom is -0.456 e. The molecule has 2 heterocycles. The van der Waals surface area contributed by atoms with Gasteiger partial charge in [0.25, 0.3) is 0 Å². The molecule has 0 radical (unpaired) electrons. The normalized spacial score (nSPS) is 15.2. The van der Waals surface area contributed by atoms with Gasteiger partial charge in [-0.05, 0) is 24.6 Å². The van der Waals surface area contributed by atoms with Crippen LogP contribution in [0.5, 0.6) is 5.75 Å². The van der Waals surface area contributed by atoms with E-state index in [1.807, 2.05) is 25.1 Å². The van der Waals surface area contributed by atoms with Crippen LogP contribution >= 0.6 is 8.69 Å². The molecule has 1 saturated heterocycles. The zero-order chi connectivity index (χ0) is 17.4. The van der Waals surface area contributed by atoms with Gasteiger partial charge in [0, 0.05) is 30.9 Å². The lowest BCUT2D eigenvalue weighted by Gasteiger charge is -2.29. The molecular weight excluding hydrogens is 341 g/mol. The summed E-state index contributed by atoms with van der Waals surface area (Å²) in [6, 6.07) is 9.00. The minimum absolute atomic E-state index is 0.191. The molecule has 7 heteroatoms. The second-order valence-electron chi connectivity index (χ2n) is 6.01. The van der Waals surface area contributed by atoms with E-state index < -0.39 is 8.69 Å². The minimum atomic E-state index is -0.515. The van der Waals surface area contributed by atoms with Crippen molar-refractivity contribution in [1.82, 2.24) is 0 Å². The van der Waals surface area contributed by atoms with Gasteiger partial charge in [-0.2, -0.15) is 0 Å². The van der Waals surface area contributed by atoms with Gasteiger partial charge in [0.2, 0.25) is 5.43 Å². The Balaban J connectivity index is 2.00. The van der Waals surface area contributed by atoms with Gasteiger partial charge in [-0.3, -0.25) is 4.79 Å². The van der Waals surface area contributed by atoms with Crippen molar-refractivity contribution < 1.29 is 18.2 Å². The highest BCUT2D eigenvalue weighted by molar-refractivity contribution is 7.17. The molecular formula is C18H16NO5P. The van der Waals surface area contributed by atoms with E-state index in [1.54, 1.807) is 12.1 Å². The van der Waals surface area contributed by atoms with Crippen LogP contribution in [0.25, 0.3) is 21.9 Å². The Kier molecular flexibility index (Phi) is 4.15. The van der Waals surface area contributed by atoms with Crippen molar-refractivity contribution in [3.05, 3.63) is 46.1 Å². The van der Waals surface area contributed by atoms with Crippen LogP contribution in [0, 0.1) is 6.92 Å². The zero-order valence-electron chi connectivity index (χ0n) is 13.7. The summed E-state index contributed by atoms with van der Waals surface area (Å²) in [4.78, 5) is 15.0. The van der Waals surface area contributed by atoms with Crippen molar-refractivity contribution in [3.8, 4) is 5.75 Å². The predicted molar refractivity (Wildman–Crippen MR) is 96.0 cm³/mol. The Morgan fingerprint density at radius 2 is 1.92 bits per heavy atom.